The number of carbonyl (C=O) groups excluding carboxylic acids is 1. The van der Waals surface area contributed by atoms with E-state index in [2.05, 4.69) is 10.2 Å². The van der Waals surface area contributed by atoms with E-state index in [4.69, 9.17) is 4.74 Å². The molecule has 0 unspecified atom stereocenters. The van der Waals surface area contributed by atoms with Gasteiger partial charge in [-0.05, 0) is 40.5 Å². The molecule has 0 amide bonds. The van der Waals surface area contributed by atoms with Crippen LogP contribution in [0, 0.1) is 6.92 Å². The van der Waals surface area contributed by atoms with Crippen LogP contribution in [0.3, 0.4) is 0 Å². The quantitative estimate of drug-likeness (QED) is 0.846. The lowest BCUT2D eigenvalue weighted by atomic mass is 10.2. The number of nitrogens with zero attached hydrogens (tertiary/aromatic N) is 2. The van der Waals surface area contributed by atoms with Crippen LogP contribution in [0.5, 0.6) is 0 Å². The molecule has 21 heavy (non-hydrogen) atoms. The number of rotatable bonds is 3. The van der Waals surface area contributed by atoms with Crippen molar-refractivity contribution in [1.82, 2.24) is 14.5 Å². The van der Waals surface area contributed by atoms with E-state index in [1.54, 1.807) is 27.7 Å². The van der Waals surface area contributed by atoms with Crippen LogP contribution in [0.2, 0.25) is 0 Å². The molecule has 0 spiro atoms. The molecule has 1 saturated heterocycles. The molecule has 8 heteroatoms. The van der Waals surface area contributed by atoms with E-state index in [0.717, 1.165) is 0 Å². The fourth-order valence-corrected chi connectivity index (χ4v) is 4.13. The summed E-state index contributed by atoms with van der Waals surface area (Å²) in [4.78, 5) is 12.3. The van der Waals surface area contributed by atoms with Crippen LogP contribution >= 0.6 is 0 Å². The fraction of sp³-hybridized carbons (Fsp3) is 0.692. The number of aromatic nitrogens is 2. The molecule has 1 aliphatic heterocycles. The topological polar surface area (TPSA) is 92.4 Å². The van der Waals surface area contributed by atoms with Crippen molar-refractivity contribution in [3.8, 4) is 0 Å². The van der Waals surface area contributed by atoms with Gasteiger partial charge in [0.15, 0.2) is 0 Å². The summed E-state index contributed by atoms with van der Waals surface area (Å²) in [6.07, 6.45) is 2.39. The third kappa shape index (κ3) is 3.26. The van der Waals surface area contributed by atoms with E-state index in [9.17, 15) is 13.2 Å². The van der Waals surface area contributed by atoms with Crippen molar-refractivity contribution in [2.45, 2.75) is 57.1 Å². The molecule has 2 rings (SSSR count). The van der Waals surface area contributed by atoms with Crippen molar-refractivity contribution in [3.05, 3.63) is 11.9 Å². The summed E-state index contributed by atoms with van der Waals surface area (Å²) >= 11 is 0. The summed E-state index contributed by atoms with van der Waals surface area (Å²) in [6.45, 7) is 7.24. The highest BCUT2D eigenvalue weighted by Gasteiger charge is 2.42. The summed E-state index contributed by atoms with van der Waals surface area (Å²) in [7, 11) is -3.74. The molecule has 1 fully saturated rings. The third-order valence-corrected chi connectivity index (χ3v) is 5.27. The summed E-state index contributed by atoms with van der Waals surface area (Å²) in [6, 6.07) is -0.761. The maximum Gasteiger partial charge on any atom is 0.324 e. The van der Waals surface area contributed by atoms with Gasteiger partial charge in [0.1, 0.15) is 16.5 Å². The predicted molar refractivity (Wildman–Crippen MR) is 76.1 cm³/mol. The number of H-pyrrole nitrogens is 1. The fourth-order valence-electron chi connectivity index (χ4n) is 2.36. The Balaban J connectivity index is 2.27. The molecule has 0 radical (unpaired) electrons. The van der Waals surface area contributed by atoms with Gasteiger partial charge >= 0.3 is 5.97 Å². The number of ether oxygens (including phenoxy) is 1. The lowest BCUT2D eigenvalue weighted by Crippen LogP contribution is -2.43. The Kier molecular flexibility index (Phi) is 4.12. The maximum atomic E-state index is 12.7. The Morgan fingerprint density at radius 1 is 1.48 bits per heavy atom. The van der Waals surface area contributed by atoms with Crippen molar-refractivity contribution in [1.29, 1.82) is 0 Å². The number of nitrogens with one attached hydrogen (secondary N) is 1. The lowest BCUT2D eigenvalue weighted by Gasteiger charge is -2.26. The SMILES string of the molecule is Cc1[nH]ncc1S(=O)(=O)N1CCC[C@@H]1C(=O)OC(C)(C)C. The molecule has 0 aliphatic carbocycles. The van der Waals surface area contributed by atoms with E-state index in [0.29, 0.717) is 25.1 Å². The Bertz CT molecular complexity index is 630. The summed E-state index contributed by atoms with van der Waals surface area (Å²) in [5.41, 5.74) is -0.175. The van der Waals surface area contributed by atoms with Crippen LogP contribution in [-0.2, 0) is 19.6 Å². The molecule has 7 nitrogen and oxygen atoms in total. The highest BCUT2D eigenvalue weighted by molar-refractivity contribution is 7.89. The van der Waals surface area contributed by atoms with Crippen molar-refractivity contribution in [2.24, 2.45) is 0 Å². The number of sulfonamides is 1. The zero-order valence-electron chi connectivity index (χ0n) is 12.7. The molecule has 1 aliphatic rings. The van der Waals surface area contributed by atoms with Gasteiger partial charge in [-0.1, -0.05) is 0 Å². The minimum absolute atomic E-state index is 0.109. The van der Waals surface area contributed by atoms with Crippen LogP contribution in [-0.4, -0.2) is 47.1 Å². The first-order valence-corrected chi connectivity index (χ1v) is 8.31. The van der Waals surface area contributed by atoms with Gasteiger partial charge in [0.2, 0.25) is 10.0 Å². The van der Waals surface area contributed by atoms with Crippen molar-refractivity contribution < 1.29 is 17.9 Å². The van der Waals surface area contributed by atoms with Gasteiger partial charge in [-0.25, -0.2) is 8.42 Å². The largest absolute Gasteiger partial charge is 0.459 e. The van der Waals surface area contributed by atoms with E-state index in [1.165, 1.54) is 10.5 Å². The minimum Gasteiger partial charge on any atom is -0.459 e. The molecule has 0 saturated carbocycles. The van der Waals surface area contributed by atoms with E-state index in [-0.39, 0.29) is 4.90 Å². The first-order chi connectivity index (χ1) is 9.63. The van der Waals surface area contributed by atoms with Gasteiger partial charge in [0, 0.05) is 6.54 Å². The second-order valence-corrected chi connectivity index (χ2v) is 8.03. The van der Waals surface area contributed by atoms with E-state index >= 15 is 0 Å². The first-order valence-electron chi connectivity index (χ1n) is 6.87. The van der Waals surface area contributed by atoms with Gasteiger partial charge in [0.05, 0.1) is 11.9 Å². The van der Waals surface area contributed by atoms with Crippen LogP contribution in [0.25, 0.3) is 0 Å². The number of hydrogen-bond acceptors (Lipinski definition) is 5. The number of hydrogen-bond donors (Lipinski definition) is 1. The number of aryl methyl sites for hydroxylation is 1. The normalized spacial score (nSPS) is 20.7. The minimum atomic E-state index is -3.74. The Morgan fingerprint density at radius 3 is 2.67 bits per heavy atom. The van der Waals surface area contributed by atoms with Crippen LogP contribution in [0.4, 0.5) is 0 Å². The molecule has 0 bridgehead atoms. The average molecular weight is 315 g/mol. The van der Waals surface area contributed by atoms with Gasteiger partial charge < -0.3 is 4.74 Å². The van der Waals surface area contributed by atoms with E-state index < -0.39 is 27.6 Å². The molecule has 1 N–H and O–H groups in total. The standard InChI is InChI=1S/C13H21N3O4S/c1-9-11(8-14-15-9)21(18,19)16-7-5-6-10(16)12(17)20-13(2,3)4/h8,10H,5-7H2,1-4H3,(H,14,15)/t10-/m1/s1. The van der Waals surface area contributed by atoms with Crippen molar-refractivity contribution >= 4 is 16.0 Å². The number of aromatic amines is 1. The molecule has 1 aromatic heterocycles. The van der Waals surface area contributed by atoms with Gasteiger partial charge in [-0.2, -0.15) is 9.40 Å². The van der Waals surface area contributed by atoms with Gasteiger partial charge in [-0.15, -0.1) is 0 Å². The monoisotopic (exact) mass is 315 g/mol. The van der Waals surface area contributed by atoms with E-state index in [1.807, 2.05) is 0 Å². The molecule has 1 aromatic rings. The molecule has 2 heterocycles. The first kappa shape index (κ1) is 16.0. The van der Waals surface area contributed by atoms with Crippen LogP contribution in [0.15, 0.2) is 11.1 Å². The summed E-state index contributed by atoms with van der Waals surface area (Å²) in [5.74, 6) is -0.496. The molecule has 0 aromatic carbocycles. The second-order valence-electron chi connectivity index (χ2n) is 6.17. The summed E-state index contributed by atoms with van der Waals surface area (Å²) in [5, 5.41) is 6.35. The predicted octanol–water partition coefficient (Wildman–Crippen LogP) is 1.21. The van der Waals surface area contributed by atoms with Gasteiger partial charge in [0.25, 0.3) is 0 Å². The highest BCUT2D eigenvalue weighted by Crippen LogP contribution is 2.28. The third-order valence-electron chi connectivity index (χ3n) is 3.25. The maximum absolute atomic E-state index is 12.7. The second kappa shape index (κ2) is 5.42. The van der Waals surface area contributed by atoms with Gasteiger partial charge in [-0.3, -0.25) is 9.89 Å². The molecular formula is C13H21N3O4S. The average Bonchev–Trinajstić information content (AvgIpc) is 2.94. The summed E-state index contributed by atoms with van der Waals surface area (Å²) < 4.78 is 31.9. The Morgan fingerprint density at radius 2 is 2.14 bits per heavy atom. The highest BCUT2D eigenvalue weighted by atomic mass is 32.2. The molecular weight excluding hydrogens is 294 g/mol. The van der Waals surface area contributed by atoms with Crippen molar-refractivity contribution in [2.75, 3.05) is 6.54 Å². The number of esters is 1. The van der Waals surface area contributed by atoms with Crippen molar-refractivity contribution in [3.63, 3.8) is 0 Å². The molecule has 118 valence electrons. The Hall–Kier alpha value is -1.41. The number of carbonyl (C=O) groups is 1. The Labute approximate surface area is 124 Å². The molecule has 1 atom stereocenters. The van der Waals surface area contributed by atoms with Crippen LogP contribution in [0.1, 0.15) is 39.3 Å². The van der Waals surface area contributed by atoms with Crippen LogP contribution < -0.4 is 0 Å². The smallest absolute Gasteiger partial charge is 0.324 e. The lowest BCUT2D eigenvalue weighted by molar-refractivity contribution is -0.158. The zero-order valence-corrected chi connectivity index (χ0v) is 13.5. The zero-order chi connectivity index (χ0) is 15.8.